The SMILES string of the molecule is CC(C)NC(=O)CNC(=O)CN1CCC[C@@H]1c1ccc2c(c1)OCCCO2. The lowest BCUT2D eigenvalue weighted by Crippen LogP contribution is -2.43. The summed E-state index contributed by atoms with van der Waals surface area (Å²) in [6, 6.07) is 6.31. The van der Waals surface area contributed by atoms with Gasteiger partial charge in [0, 0.05) is 18.5 Å². The summed E-state index contributed by atoms with van der Waals surface area (Å²) < 4.78 is 11.5. The van der Waals surface area contributed by atoms with Gasteiger partial charge in [-0.3, -0.25) is 14.5 Å². The van der Waals surface area contributed by atoms with Gasteiger partial charge in [-0.25, -0.2) is 0 Å². The highest BCUT2D eigenvalue weighted by Gasteiger charge is 2.28. The van der Waals surface area contributed by atoms with Crippen LogP contribution in [0.1, 0.15) is 44.7 Å². The third-order valence-corrected chi connectivity index (χ3v) is 4.76. The predicted octanol–water partition coefficient (Wildman–Crippen LogP) is 1.63. The van der Waals surface area contributed by atoms with Crippen LogP contribution in [-0.4, -0.2) is 55.6 Å². The number of fused-ring (bicyclic) bond motifs is 1. The van der Waals surface area contributed by atoms with Crippen LogP contribution in [0.5, 0.6) is 11.5 Å². The van der Waals surface area contributed by atoms with Crippen molar-refractivity contribution in [1.82, 2.24) is 15.5 Å². The van der Waals surface area contributed by atoms with Gasteiger partial charge in [-0.2, -0.15) is 0 Å². The number of ether oxygens (including phenoxy) is 2. The monoisotopic (exact) mass is 375 g/mol. The molecule has 2 amide bonds. The van der Waals surface area contributed by atoms with Crippen LogP contribution >= 0.6 is 0 Å². The van der Waals surface area contributed by atoms with Crippen LogP contribution in [0.2, 0.25) is 0 Å². The summed E-state index contributed by atoms with van der Waals surface area (Å²) in [4.78, 5) is 26.1. The maximum absolute atomic E-state index is 12.3. The van der Waals surface area contributed by atoms with Gasteiger partial charge in [-0.05, 0) is 50.9 Å². The molecule has 3 rings (SSSR count). The van der Waals surface area contributed by atoms with E-state index >= 15 is 0 Å². The zero-order valence-corrected chi connectivity index (χ0v) is 16.1. The van der Waals surface area contributed by atoms with Crippen molar-refractivity contribution in [3.8, 4) is 11.5 Å². The van der Waals surface area contributed by atoms with Crippen molar-refractivity contribution in [3.63, 3.8) is 0 Å². The second kappa shape index (κ2) is 9.08. The molecule has 7 nitrogen and oxygen atoms in total. The van der Waals surface area contributed by atoms with Crippen LogP contribution in [-0.2, 0) is 9.59 Å². The third-order valence-electron chi connectivity index (χ3n) is 4.76. The lowest BCUT2D eigenvalue weighted by Gasteiger charge is -2.25. The minimum atomic E-state index is -0.167. The van der Waals surface area contributed by atoms with Gasteiger partial charge in [0.2, 0.25) is 11.8 Å². The number of rotatable bonds is 6. The van der Waals surface area contributed by atoms with Gasteiger partial charge in [-0.1, -0.05) is 6.07 Å². The Balaban J connectivity index is 1.58. The Morgan fingerprint density at radius 1 is 1.15 bits per heavy atom. The van der Waals surface area contributed by atoms with E-state index in [1.165, 1.54) is 0 Å². The van der Waals surface area contributed by atoms with Crippen molar-refractivity contribution < 1.29 is 19.1 Å². The molecule has 0 aliphatic carbocycles. The minimum Gasteiger partial charge on any atom is -0.490 e. The van der Waals surface area contributed by atoms with Crippen LogP contribution in [0, 0.1) is 0 Å². The molecule has 0 unspecified atom stereocenters. The van der Waals surface area contributed by atoms with Crippen LogP contribution < -0.4 is 20.1 Å². The fourth-order valence-electron chi connectivity index (χ4n) is 3.57. The van der Waals surface area contributed by atoms with Crippen molar-refractivity contribution in [1.29, 1.82) is 0 Å². The largest absolute Gasteiger partial charge is 0.490 e. The Morgan fingerprint density at radius 3 is 2.70 bits per heavy atom. The van der Waals surface area contributed by atoms with Crippen LogP contribution in [0.25, 0.3) is 0 Å². The highest BCUT2D eigenvalue weighted by Crippen LogP contribution is 2.37. The first-order valence-corrected chi connectivity index (χ1v) is 9.72. The molecule has 2 aliphatic heterocycles. The van der Waals surface area contributed by atoms with E-state index in [-0.39, 0.29) is 37.0 Å². The Labute approximate surface area is 160 Å². The van der Waals surface area contributed by atoms with Gasteiger partial charge in [0.25, 0.3) is 0 Å². The number of likely N-dealkylation sites (tertiary alicyclic amines) is 1. The Bertz CT molecular complexity index is 677. The lowest BCUT2D eigenvalue weighted by atomic mass is 10.0. The van der Waals surface area contributed by atoms with E-state index < -0.39 is 0 Å². The molecule has 0 aromatic heterocycles. The summed E-state index contributed by atoms with van der Waals surface area (Å²) in [6.07, 6.45) is 2.92. The molecule has 2 N–H and O–H groups in total. The summed E-state index contributed by atoms with van der Waals surface area (Å²) in [6.45, 7) is 6.28. The Morgan fingerprint density at radius 2 is 1.93 bits per heavy atom. The second-order valence-electron chi connectivity index (χ2n) is 7.38. The fourth-order valence-corrected chi connectivity index (χ4v) is 3.57. The van der Waals surface area contributed by atoms with Gasteiger partial charge in [-0.15, -0.1) is 0 Å². The van der Waals surface area contributed by atoms with Crippen molar-refractivity contribution in [2.45, 2.75) is 45.2 Å². The number of nitrogens with one attached hydrogen (secondary N) is 2. The second-order valence-corrected chi connectivity index (χ2v) is 7.38. The molecule has 0 saturated carbocycles. The first kappa shape index (κ1) is 19.5. The number of carbonyl (C=O) groups excluding carboxylic acids is 2. The number of hydrogen-bond donors (Lipinski definition) is 2. The Kier molecular flexibility index (Phi) is 6.55. The van der Waals surface area contributed by atoms with E-state index in [9.17, 15) is 9.59 Å². The average molecular weight is 375 g/mol. The molecule has 1 aromatic carbocycles. The summed E-state index contributed by atoms with van der Waals surface area (Å²) >= 11 is 0. The molecule has 0 spiro atoms. The summed E-state index contributed by atoms with van der Waals surface area (Å²) in [5, 5.41) is 5.48. The first-order chi connectivity index (χ1) is 13.0. The molecule has 1 aromatic rings. The van der Waals surface area contributed by atoms with Crippen molar-refractivity contribution >= 4 is 11.8 Å². The molecule has 1 fully saturated rings. The average Bonchev–Trinajstić information content (AvgIpc) is 2.95. The van der Waals surface area contributed by atoms with Crippen LogP contribution in [0.4, 0.5) is 0 Å². The van der Waals surface area contributed by atoms with E-state index in [0.717, 1.165) is 42.9 Å². The standard InChI is InChI=1S/C20H29N3O4/c1-14(2)22-19(24)12-21-20(25)13-23-8-3-5-16(23)15-6-7-17-18(11-15)27-10-4-9-26-17/h6-7,11,14,16H,3-5,8-10,12-13H2,1-2H3,(H,21,25)(H,22,24)/t16-/m1/s1. The number of benzene rings is 1. The molecule has 1 saturated heterocycles. The summed E-state index contributed by atoms with van der Waals surface area (Å²) in [5.74, 6) is 1.27. The highest BCUT2D eigenvalue weighted by molar-refractivity contribution is 5.85. The molecule has 27 heavy (non-hydrogen) atoms. The number of amides is 2. The zero-order valence-electron chi connectivity index (χ0n) is 16.1. The topological polar surface area (TPSA) is 79.9 Å². The quantitative estimate of drug-likeness (QED) is 0.790. The normalized spacial score (nSPS) is 19.6. The van der Waals surface area contributed by atoms with Gasteiger partial charge in [0.1, 0.15) is 0 Å². The number of hydrogen-bond acceptors (Lipinski definition) is 5. The van der Waals surface area contributed by atoms with Gasteiger partial charge in [0.15, 0.2) is 11.5 Å². The minimum absolute atomic E-state index is 0.0134. The first-order valence-electron chi connectivity index (χ1n) is 9.72. The third kappa shape index (κ3) is 5.35. The maximum Gasteiger partial charge on any atom is 0.239 e. The van der Waals surface area contributed by atoms with Gasteiger partial charge in [0.05, 0.1) is 26.3 Å². The van der Waals surface area contributed by atoms with Gasteiger partial charge >= 0.3 is 0 Å². The zero-order chi connectivity index (χ0) is 19.2. The van der Waals surface area contributed by atoms with E-state index in [0.29, 0.717) is 13.2 Å². The molecule has 2 aliphatic rings. The highest BCUT2D eigenvalue weighted by atomic mass is 16.5. The molecular weight excluding hydrogens is 346 g/mol. The maximum atomic E-state index is 12.3. The molecule has 148 valence electrons. The molecule has 7 heteroatoms. The summed E-state index contributed by atoms with van der Waals surface area (Å²) in [7, 11) is 0. The van der Waals surface area contributed by atoms with Crippen LogP contribution in [0.15, 0.2) is 18.2 Å². The fraction of sp³-hybridized carbons (Fsp3) is 0.600. The van der Waals surface area contributed by atoms with E-state index in [4.69, 9.17) is 9.47 Å². The molecule has 2 heterocycles. The van der Waals surface area contributed by atoms with E-state index in [1.54, 1.807) is 0 Å². The summed E-state index contributed by atoms with van der Waals surface area (Å²) in [5.41, 5.74) is 1.14. The van der Waals surface area contributed by atoms with Crippen molar-refractivity contribution in [3.05, 3.63) is 23.8 Å². The van der Waals surface area contributed by atoms with E-state index in [2.05, 4.69) is 21.6 Å². The lowest BCUT2D eigenvalue weighted by molar-refractivity contribution is -0.127. The smallest absolute Gasteiger partial charge is 0.239 e. The number of carbonyl (C=O) groups is 2. The predicted molar refractivity (Wildman–Crippen MR) is 102 cm³/mol. The van der Waals surface area contributed by atoms with Crippen molar-refractivity contribution in [2.24, 2.45) is 0 Å². The molecular formula is C20H29N3O4. The Hall–Kier alpha value is -2.28. The van der Waals surface area contributed by atoms with Crippen LogP contribution in [0.3, 0.4) is 0 Å². The van der Waals surface area contributed by atoms with Crippen molar-refractivity contribution in [2.75, 3.05) is 32.8 Å². The molecule has 0 radical (unpaired) electrons. The molecule has 0 bridgehead atoms. The van der Waals surface area contributed by atoms with E-state index in [1.807, 2.05) is 26.0 Å². The molecule has 1 atom stereocenters. The number of nitrogens with zero attached hydrogens (tertiary/aromatic N) is 1. The van der Waals surface area contributed by atoms with Gasteiger partial charge < -0.3 is 20.1 Å².